The Kier molecular flexibility index (Phi) is 2.62. The van der Waals surface area contributed by atoms with Crippen molar-refractivity contribution in [2.45, 2.75) is 0 Å². The normalized spacial score (nSPS) is 10.8. The standard InChI is InChI=1S/C7H7N2O3S/c1-13(11,12)9-7(10)6-4-2-3-5-8-6/h2-3,5H,1H3,(H,9,10). The van der Waals surface area contributed by atoms with Gasteiger partial charge in [-0.05, 0) is 6.07 Å². The van der Waals surface area contributed by atoms with Crippen molar-refractivity contribution in [3.8, 4) is 0 Å². The van der Waals surface area contributed by atoms with Crippen molar-refractivity contribution < 1.29 is 13.2 Å². The second-order valence-corrected chi connectivity index (χ2v) is 4.08. The van der Waals surface area contributed by atoms with Crippen LogP contribution in [0.25, 0.3) is 0 Å². The summed E-state index contributed by atoms with van der Waals surface area (Å²) in [6.07, 6.45) is 2.28. The minimum atomic E-state index is -3.53. The summed E-state index contributed by atoms with van der Waals surface area (Å²) in [5, 5.41) is 0. The van der Waals surface area contributed by atoms with Crippen molar-refractivity contribution >= 4 is 15.9 Å². The van der Waals surface area contributed by atoms with E-state index < -0.39 is 15.9 Å². The van der Waals surface area contributed by atoms with Crippen molar-refractivity contribution in [1.29, 1.82) is 0 Å². The third-order valence-corrected chi connectivity index (χ3v) is 1.66. The summed E-state index contributed by atoms with van der Waals surface area (Å²) < 4.78 is 23.1. The second kappa shape index (κ2) is 3.53. The molecule has 0 spiro atoms. The summed E-state index contributed by atoms with van der Waals surface area (Å²) in [5.41, 5.74) is -0.0482. The molecule has 0 saturated heterocycles. The lowest BCUT2D eigenvalue weighted by molar-refractivity contribution is 0.0976. The molecule has 0 unspecified atom stereocenters. The molecule has 5 nitrogen and oxygen atoms in total. The molecule has 1 aromatic rings. The van der Waals surface area contributed by atoms with Crippen LogP contribution in [0.3, 0.4) is 0 Å². The van der Waals surface area contributed by atoms with Gasteiger partial charge < -0.3 is 0 Å². The molecule has 1 N–H and O–H groups in total. The van der Waals surface area contributed by atoms with Gasteiger partial charge in [-0.3, -0.25) is 9.78 Å². The predicted octanol–water partition coefficient (Wildman–Crippen LogP) is -0.429. The molecule has 0 aliphatic rings. The number of carbonyl (C=O) groups is 1. The fourth-order valence-corrected chi connectivity index (χ4v) is 1.10. The maximum absolute atomic E-state index is 11.1. The number of aromatic nitrogens is 1. The molecule has 69 valence electrons. The average Bonchev–Trinajstić information content (AvgIpc) is 2.03. The van der Waals surface area contributed by atoms with Crippen LogP contribution in [0.4, 0.5) is 0 Å². The van der Waals surface area contributed by atoms with Crippen molar-refractivity contribution in [3.05, 3.63) is 30.1 Å². The van der Waals surface area contributed by atoms with Crippen LogP contribution >= 0.6 is 0 Å². The highest BCUT2D eigenvalue weighted by Crippen LogP contribution is 1.92. The Labute approximate surface area is 75.9 Å². The monoisotopic (exact) mass is 199 g/mol. The van der Waals surface area contributed by atoms with Crippen LogP contribution in [0, 0.1) is 6.07 Å². The molecular weight excluding hydrogens is 192 g/mol. The Hall–Kier alpha value is -1.43. The highest BCUT2D eigenvalue weighted by Gasteiger charge is 2.11. The highest BCUT2D eigenvalue weighted by molar-refractivity contribution is 7.89. The maximum atomic E-state index is 11.1. The van der Waals surface area contributed by atoms with E-state index in [-0.39, 0.29) is 5.69 Å². The first-order chi connectivity index (χ1) is 5.99. The van der Waals surface area contributed by atoms with Crippen molar-refractivity contribution in [2.24, 2.45) is 0 Å². The zero-order chi connectivity index (χ0) is 9.90. The van der Waals surface area contributed by atoms with Gasteiger partial charge in [0.1, 0.15) is 5.69 Å². The lowest BCUT2D eigenvalue weighted by atomic mass is 10.3. The number of amides is 1. The van der Waals surface area contributed by atoms with E-state index in [1.807, 2.05) is 0 Å². The average molecular weight is 199 g/mol. The van der Waals surface area contributed by atoms with Gasteiger partial charge in [-0.15, -0.1) is 0 Å². The highest BCUT2D eigenvalue weighted by atomic mass is 32.2. The maximum Gasteiger partial charge on any atom is 0.283 e. The summed E-state index contributed by atoms with van der Waals surface area (Å²) >= 11 is 0. The van der Waals surface area contributed by atoms with Crippen molar-refractivity contribution in [1.82, 2.24) is 9.71 Å². The number of hydrogen-bond donors (Lipinski definition) is 1. The zero-order valence-corrected chi connectivity index (χ0v) is 7.63. The Morgan fingerprint density at radius 1 is 1.62 bits per heavy atom. The first kappa shape index (κ1) is 9.66. The van der Waals surface area contributed by atoms with E-state index in [9.17, 15) is 13.2 Å². The molecule has 6 heteroatoms. The number of hydrogen-bond acceptors (Lipinski definition) is 4. The summed E-state index contributed by atoms with van der Waals surface area (Å²) in [6, 6.07) is 5.56. The van der Waals surface area contributed by atoms with E-state index in [2.05, 4.69) is 11.1 Å². The van der Waals surface area contributed by atoms with Crippen LogP contribution in [-0.2, 0) is 10.0 Å². The fourth-order valence-electron chi connectivity index (χ4n) is 0.666. The van der Waals surface area contributed by atoms with Crippen LogP contribution in [-0.4, -0.2) is 25.6 Å². The minimum absolute atomic E-state index is 0.0482. The van der Waals surface area contributed by atoms with E-state index in [4.69, 9.17) is 0 Å². The Morgan fingerprint density at radius 3 is 2.77 bits per heavy atom. The Bertz CT molecular complexity index is 399. The molecule has 1 amide bonds. The zero-order valence-electron chi connectivity index (χ0n) is 6.81. The largest absolute Gasteiger partial charge is 0.283 e. The SMILES string of the molecule is CS(=O)(=O)NC(=O)c1[c]cccn1. The van der Waals surface area contributed by atoms with Crippen LogP contribution in [0.15, 0.2) is 18.3 Å². The number of nitrogens with zero attached hydrogens (tertiary/aromatic N) is 1. The first-order valence-corrected chi connectivity index (χ1v) is 5.23. The third-order valence-electron chi connectivity index (χ3n) is 1.10. The molecule has 1 rings (SSSR count). The molecule has 0 aromatic carbocycles. The first-order valence-electron chi connectivity index (χ1n) is 3.34. The molecular formula is C7H7N2O3S. The number of carbonyl (C=O) groups excluding carboxylic acids is 1. The van der Waals surface area contributed by atoms with Gasteiger partial charge in [0.05, 0.1) is 6.26 Å². The van der Waals surface area contributed by atoms with Gasteiger partial charge in [-0.2, -0.15) is 0 Å². The van der Waals surface area contributed by atoms with E-state index in [0.29, 0.717) is 0 Å². The van der Waals surface area contributed by atoms with Gasteiger partial charge in [-0.1, -0.05) is 6.07 Å². The van der Waals surface area contributed by atoms with Gasteiger partial charge >= 0.3 is 0 Å². The van der Waals surface area contributed by atoms with Crippen LogP contribution in [0.1, 0.15) is 10.5 Å². The van der Waals surface area contributed by atoms with Gasteiger partial charge in [0.15, 0.2) is 0 Å². The molecule has 1 heterocycles. The quantitative estimate of drug-likeness (QED) is 0.701. The predicted molar refractivity (Wildman–Crippen MR) is 45.4 cm³/mol. The molecule has 0 bridgehead atoms. The third kappa shape index (κ3) is 3.20. The molecule has 0 atom stereocenters. The Balaban J connectivity index is 2.82. The molecule has 0 saturated carbocycles. The molecule has 1 aromatic heterocycles. The fraction of sp³-hybridized carbons (Fsp3) is 0.143. The number of sulfonamides is 1. The molecule has 0 fully saturated rings. The van der Waals surface area contributed by atoms with Gasteiger partial charge in [-0.25, -0.2) is 13.1 Å². The van der Waals surface area contributed by atoms with Crippen LogP contribution < -0.4 is 4.72 Å². The van der Waals surface area contributed by atoms with Gasteiger partial charge in [0.25, 0.3) is 5.91 Å². The topological polar surface area (TPSA) is 76.1 Å². The molecule has 13 heavy (non-hydrogen) atoms. The summed E-state index contributed by atoms with van der Waals surface area (Å²) in [5.74, 6) is -0.775. The number of nitrogens with one attached hydrogen (secondary N) is 1. The van der Waals surface area contributed by atoms with Crippen molar-refractivity contribution in [3.63, 3.8) is 0 Å². The van der Waals surface area contributed by atoms with E-state index in [1.165, 1.54) is 12.3 Å². The van der Waals surface area contributed by atoms with E-state index in [1.54, 1.807) is 10.8 Å². The summed E-state index contributed by atoms with van der Waals surface area (Å²) in [4.78, 5) is 14.7. The van der Waals surface area contributed by atoms with Crippen LogP contribution in [0.2, 0.25) is 0 Å². The number of rotatable bonds is 2. The molecule has 1 radical (unpaired) electrons. The molecule has 0 aliphatic carbocycles. The molecule has 0 aliphatic heterocycles. The minimum Gasteiger partial charge on any atom is -0.266 e. The Morgan fingerprint density at radius 2 is 2.31 bits per heavy atom. The van der Waals surface area contributed by atoms with Crippen LogP contribution in [0.5, 0.6) is 0 Å². The second-order valence-electron chi connectivity index (χ2n) is 2.33. The lowest BCUT2D eigenvalue weighted by Gasteiger charge is -1.99. The van der Waals surface area contributed by atoms with E-state index in [0.717, 1.165) is 6.26 Å². The van der Waals surface area contributed by atoms with Crippen molar-refractivity contribution in [2.75, 3.05) is 6.26 Å². The lowest BCUT2D eigenvalue weighted by Crippen LogP contribution is -2.29. The summed E-state index contributed by atoms with van der Waals surface area (Å²) in [6.45, 7) is 0. The van der Waals surface area contributed by atoms with Gasteiger partial charge in [0.2, 0.25) is 10.0 Å². The smallest absolute Gasteiger partial charge is 0.266 e. The van der Waals surface area contributed by atoms with Gasteiger partial charge in [0, 0.05) is 12.3 Å². The summed E-state index contributed by atoms with van der Waals surface area (Å²) in [7, 11) is -3.53. The van der Waals surface area contributed by atoms with E-state index >= 15 is 0 Å². The number of pyridine rings is 1.